The van der Waals surface area contributed by atoms with Gasteiger partial charge in [0.25, 0.3) is 5.91 Å². The van der Waals surface area contributed by atoms with Gasteiger partial charge in [-0.2, -0.15) is 8.62 Å². The molecule has 166 valence electrons. The smallest absolute Gasteiger partial charge is 0.387 e. The second-order valence-corrected chi connectivity index (χ2v) is 9.77. The number of phosphoric acid groups is 3. The van der Waals surface area contributed by atoms with Crippen molar-refractivity contribution in [2.75, 3.05) is 6.61 Å². The van der Waals surface area contributed by atoms with Gasteiger partial charge in [-0.25, -0.2) is 23.4 Å². The van der Waals surface area contributed by atoms with Crippen LogP contribution in [0.25, 0.3) is 0 Å². The van der Waals surface area contributed by atoms with Crippen LogP contribution in [0.1, 0.15) is 16.8 Å². The number of amides is 1. The van der Waals surface area contributed by atoms with Crippen molar-refractivity contribution in [2.24, 2.45) is 5.73 Å². The molecule has 1 amide bonds. The van der Waals surface area contributed by atoms with Gasteiger partial charge < -0.3 is 40.3 Å². The van der Waals surface area contributed by atoms with Crippen molar-refractivity contribution in [1.82, 2.24) is 14.8 Å². The van der Waals surface area contributed by atoms with Crippen LogP contribution >= 0.6 is 23.5 Å². The van der Waals surface area contributed by atoms with Crippen molar-refractivity contribution >= 4 is 29.4 Å². The molecule has 2 heterocycles. The highest BCUT2D eigenvalue weighted by molar-refractivity contribution is 7.66. The van der Waals surface area contributed by atoms with Gasteiger partial charge in [-0.15, -0.1) is 5.10 Å². The van der Waals surface area contributed by atoms with E-state index in [2.05, 4.69) is 23.2 Å². The number of hydrogen-bond donors (Lipinski definition) is 7. The van der Waals surface area contributed by atoms with E-state index in [9.17, 15) is 33.6 Å². The number of rotatable bonds is 9. The van der Waals surface area contributed by atoms with E-state index in [1.165, 1.54) is 0 Å². The van der Waals surface area contributed by atoms with E-state index in [1.54, 1.807) is 0 Å². The summed E-state index contributed by atoms with van der Waals surface area (Å²) in [6.45, 7) is -1.00. The highest BCUT2D eigenvalue weighted by Gasteiger charge is 2.47. The number of phosphoric ester groups is 1. The fourth-order valence-corrected chi connectivity index (χ4v) is 5.10. The molecule has 2 rings (SSSR count). The zero-order valence-corrected chi connectivity index (χ0v) is 16.5. The van der Waals surface area contributed by atoms with Crippen molar-refractivity contribution in [3.63, 3.8) is 0 Å². The molecular formula is C8H15N4O14P3. The summed E-state index contributed by atoms with van der Waals surface area (Å²) in [4.78, 5) is 49.8. The minimum absolute atomic E-state index is 0.424. The predicted octanol–water partition coefficient (Wildman–Crippen LogP) is -2.66. The molecule has 1 saturated heterocycles. The second-order valence-electron chi connectivity index (χ2n) is 5.35. The third kappa shape index (κ3) is 6.70. The van der Waals surface area contributed by atoms with Crippen LogP contribution in [-0.4, -0.2) is 75.4 Å². The Bertz CT molecular complexity index is 899. The maximum absolute atomic E-state index is 11.7. The van der Waals surface area contributed by atoms with Crippen molar-refractivity contribution in [2.45, 2.75) is 24.5 Å². The standard InChI is InChI=1S/C8H15N4O14P3/c9-6(15)7-10-2-12(11-7)8-5(14)4(13)3(24-8)1-23-28(19,20)26-29(21,22)25-27(16,17)18/h2-5,8,13-14H,1H2,(H2,9,15)(H,19,20)(H,21,22)(H2,16,17,18)/t3-,4-,5+,8+/m0/s1. The quantitative estimate of drug-likeness (QED) is 0.176. The number of carbonyl (C=O) groups excluding carboxylic acids is 1. The maximum Gasteiger partial charge on any atom is 0.490 e. The van der Waals surface area contributed by atoms with Gasteiger partial charge in [-0.3, -0.25) is 9.32 Å². The summed E-state index contributed by atoms with van der Waals surface area (Å²) in [5.74, 6) is -1.41. The number of nitrogens with two attached hydrogens (primary N) is 1. The first-order valence-electron chi connectivity index (χ1n) is 7.11. The largest absolute Gasteiger partial charge is 0.490 e. The van der Waals surface area contributed by atoms with Crippen LogP contribution in [-0.2, 0) is 31.6 Å². The van der Waals surface area contributed by atoms with Gasteiger partial charge in [0.2, 0.25) is 5.82 Å². The van der Waals surface area contributed by atoms with Gasteiger partial charge in [0.15, 0.2) is 6.23 Å². The summed E-state index contributed by atoms with van der Waals surface area (Å²) < 4.78 is 50.8. The van der Waals surface area contributed by atoms with Crippen LogP contribution in [0.3, 0.4) is 0 Å². The molecule has 1 aliphatic heterocycles. The lowest BCUT2D eigenvalue weighted by Crippen LogP contribution is -2.33. The number of aromatic nitrogens is 3. The molecular weight excluding hydrogens is 469 g/mol. The van der Waals surface area contributed by atoms with Crippen LogP contribution < -0.4 is 5.73 Å². The molecule has 21 heteroatoms. The van der Waals surface area contributed by atoms with Crippen molar-refractivity contribution in [3.8, 4) is 0 Å². The molecule has 8 N–H and O–H groups in total. The lowest BCUT2D eigenvalue weighted by molar-refractivity contribution is -0.0580. The zero-order chi connectivity index (χ0) is 22.2. The third-order valence-corrected chi connectivity index (χ3v) is 6.95. The Kier molecular flexibility index (Phi) is 7.14. The molecule has 1 fully saturated rings. The third-order valence-electron chi connectivity index (χ3n) is 3.14. The molecule has 18 nitrogen and oxygen atoms in total. The molecule has 0 saturated carbocycles. The molecule has 6 atom stereocenters. The molecule has 1 aliphatic rings. The van der Waals surface area contributed by atoms with E-state index < -0.39 is 66.3 Å². The Hall–Kier alpha value is -1.10. The number of primary amides is 1. The van der Waals surface area contributed by atoms with E-state index in [1.807, 2.05) is 0 Å². The summed E-state index contributed by atoms with van der Waals surface area (Å²) >= 11 is 0. The van der Waals surface area contributed by atoms with Gasteiger partial charge >= 0.3 is 23.5 Å². The topological polar surface area (TPSA) is 283 Å². The minimum Gasteiger partial charge on any atom is -0.387 e. The number of hydrogen-bond acceptors (Lipinski definition) is 12. The summed E-state index contributed by atoms with van der Waals surface area (Å²) in [6, 6.07) is 0. The first-order chi connectivity index (χ1) is 13.1. The predicted molar refractivity (Wildman–Crippen MR) is 84.3 cm³/mol. The maximum atomic E-state index is 11.7. The molecule has 1 aromatic rings. The fourth-order valence-electron chi connectivity index (χ4n) is 2.07. The first-order valence-corrected chi connectivity index (χ1v) is 11.6. The van der Waals surface area contributed by atoms with Crippen molar-refractivity contribution < 1.29 is 66.2 Å². The van der Waals surface area contributed by atoms with Crippen LogP contribution in [0, 0.1) is 0 Å². The normalized spacial score (nSPS) is 29.3. The molecule has 2 unspecified atom stereocenters. The van der Waals surface area contributed by atoms with E-state index in [4.69, 9.17) is 25.2 Å². The molecule has 0 radical (unpaired) electrons. The molecule has 29 heavy (non-hydrogen) atoms. The van der Waals surface area contributed by atoms with Crippen molar-refractivity contribution in [1.29, 1.82) is 0 Å². The summed E-state index contributed by atoms with van der Waals surface area (Å²) in [7, 11) is -16.7. The second kappa shape index (κ2) is 8.56. The lowest BCUT2D eigenvalue weighted by Gasteiger charge is -2.19. The number of ether oxygens (including phenoxy) is 1. The van der Waals surface area contributed by atoms with Crippen LogP contribution in [0.4, 0.5) is 0 Å². The van der Waals surface area contributed by atoms with Gasteiger partial charge in [-0.1, -0.05) is 0 Å². The van der Waals surface area contributed by atoms with E-state index >= 15 is 0 Å². The molecule has 0 aromatic carbocycles. The Balaban J connectivity index is 2.01. The van der Waals surface area contributed by atoms with Crippen LogP contribution in [0.5, 0.6) is 0 Å². The summed E-state index contributed by atoms with van der Waals surface area (Å²) in [6.07, 6.45) is -5.38. The Labute approximate surface area is 160 Å². The monoisotopic (exact) mass is 484 g/mol. The minimum atomic E-state index is -5.71. The molecule has 1 aromatic heterocycles. The van der Waals surface area contributed by atoms with Gasteiger partial charge in [0, 0.05) is 0 Å². The van der Waals surface area contributed by atoms with Crippen LogP contribution in [0.2, 0.25) is 0 Å². The number of carbonyl (C=O) groups is 1. The summed E-state index contributed by atoms with van der Waals surface area (Å²) in [5, 5.41) is 23.5. The Morgan fingerprint density at radius 3 is 2.28 bits per heavy atom. The highest BCUT2D eigenvalue weighted by atomic mass is 31.3. The SMILES string of the molecule is NC(=O)c1ncn([C@@H]2O[C@@H](COP(=O)(O)OP(=O)(O)OP(=O)(O)O)[C@H](O)[C@H]2O)n1. The number of aliphatic hydroxyl groups is 2. The Morgan fingerprint density at radius 1 is 1.14 bits per heavy atom. The van der Waals surface area contributed by atoms with E-state index in [-0.39, 0.29) is 0 Å². The number of aliphatic hydroxyl groups excluding tert-OH is 2. The average Bonchev–Trinajstić information content (AvgIpc) is 3.09. The lowest BCUT2D eigenvalue weighted by atomic mass is 10.1. The molecule has 0 spiro atoms. The number of nitrogens with zero attached hydrogens (tertiary/aromatic N) is 3. The van der Waals surface area contributed by atoms with Crippen LogP contribution in [0.15, 0.2) is 6.33 Å². The van der Waals surface area contributed by atoms with Gasteiger partial charge in [0.05, 0.1) is 6.61 Å². The first kappa shape index (κ1) is 24.2. The van der Waals surface area contributed by atoms with Gasteiger partial charge in [-0.05, 0) is 0 Å². The highest BCUT2D eigenvalue weighted by Crippen LogP contribution is 2.66. The van der Waals surface area contributed by atoms with E-state index in [0.717, 1.165) is 11.0 Å². The van der Waals surface area contributed by atoms with Crippen molar-refractivity contribution in [3.05, 3.63) is 12.2 Å². The van der Waals surface area contributed by atoms with E-state index in [0.29, 0.717) is 0 Å². The zero-order valence-electron chi connectivity index (χ0n) is 13.8. The average molecular weight is 484 g/mol. The fraction of sp³-hybridized carbons (Fsp3) is 0.625. The molecule has 0 aliphatic carbocycles. The molecule has 0 bridgehead atoms. The Morgan fingerprint density at radius 2 is 1.76 bits per heavy atom. The van der Waals surface area contributed by atoms with Gasteiger partial charge in [0.1, 0.15) is 24.6 Å². The summed E-state index contributed by atoms with van der Waals surface area (Å²) in [5.41, 5.74) is 4.97.